The summed E-state index contributed by atoms with van der Waals surface area (Å²) in [6.45, 7) is 5.75. The highest BCUT2D eigenvalue weighted by molar-refractivity contribution is 5.87. The van der Waals surface area contributed by atoms with Gasteiger partial charge >= 0.3 is 5.97 Å². The Hall–Kier alpha value is -3.15. The highest BCUT2D eigenvalue weighted by Crippen LogP contribution is 2.08. The maximum absolute atomic E-state index is 12.4. The Morgan fingerprint density at radius 1 is 0.933 bits per heavy atom. The molecule has 0 aliphatic heterocycles. The van der Waals surface area contributed by atoms with Gasteiger partial charge in [-0.2, -0.15) is 0 Å². The van der Waals surface area contributed by atoms with Crippen LogP contribution in [-0.4, -0.2) is 37.0 Å². The van der Waals surface area contributed by atoms with Crippen LogP contribution in [0.4, 0.5) is 0 Å². The van der Waals surface area contributed by atoms with E-state index < -0.39 is 12.0 Å². The molecule has 0 aliphatic rings. The minimum Gasteiger partial charge on any atom is -0.454 e. The molecule has 0 bridgehead atoms. The normalized spacial score (nSPS) is 11.6. The van der Waals surface area contributed by atoms with Crippen LogP contribution in [-0.2, 0) is 32.0 Å². The lowest BCUT2D eigenvalue weighted by molar-refractivity contribution is -0.152. The van der Waals surface area contributed by atoms with E-state index in [0.717, 1.165) is 11.1 Å². The first-order valence-corrected chi connectivity index (χ1v) is 10.2. The Balaban J connectivity index is 1.76. The molecule has 0 radical (unpaired) electrons. The van der Waals surface area contributed by atoms with Crippen LogP contribution in [0.2, 0.25) is 0 Å². The second-order valence-corrected chi connectivity index (χ2v) is 7.59. The van der Waals surface area contributed by atoms with Crippen molar-refractivity contribution in [2.45, 2.75) is 39.7 Å². The molecule has 2 amide bonds. The third-order valence-electron chi connectivity index (χ3n) is 4.77. The molecule has 1 atom stereocenters. The van der Waals surface area contributed by atoms with E-state index in [1.807, 2.05) is 75.4 Å². The van der Waals surface area contributed by atoms with Gasteiger partial charge in [-0.25, -0.2) is 4.79 Å². The van der Waals surface area contributed by atoms with Crippen molar-refractivity contribution in [2.75, 3.05) is 13.2 Å². The molecule has 160 valence electrons. The van der Waals surface area contributed by atoms with E-state index in [-0.39, 0.29) is 30.8 Å². The van der Waals surface area contributed by atoms with Crippen LogP contribution in [0.15, 0.2) is 54.6 Å². The summed E-state index contributed by atoms with van der Waals surface area (Å²) in [5.74, 6) is -1.41. The summed E-state index contributed by atoms with van der Waals surface area (Å²) >= 11 is 0. The SMILES string of the molecule is Cc1ccccc1CCNC(=O)COC(=O)[C@@H](NC(=O)Cc1ccccc1)C(C)C. The summed E-state index contributed by atoms with van der Waals surface area (Å²) < 4.78 is 5.14. The molecule has 2 rings (SSSR count). The monoisotopic (exact) mass is 410 g/mol. The van der Waals surface area contributed by atoms with Crippen LogP contribution in [0.5, 0.6) is 0 Å². The number of carbonyl (C=O) groups is 3. The number of aryl methyl sites for hydroxylation is 1. The maximum Gasteiger partial charge on any atom is 0.329 e. The fourth-order valence-corrected chi connectivity index (χ4v) is 3.01. The van der Waals surface area contributed by atoms with Crippen LogP contribution in [0, 0.1) is 12.8 Å². The average Bonchev–Trinajstić information content (AvgIpc) is 2.72. The number of hydrogen-bond donors (Lipinski definition) is 2. The minimum atomic E-state index is -0.805. The molecule has 0 unspecified atom stereocenters. The van der Waals surface area contributed by atoms with Gasteiger partial charge in [-0.1, -0.05) is 68.4 Å². The van der Waals surface area contributed by atoms with Crippen molar-refractivity contribution in [1.82, 2.24) is 10.6 Å². The lowest BCUT2D eigenvalue weighted by Crippen LogP contribution is -2.46. The molecule has 2 N–H and O–H groups in total. The molecule has 2 aromatic rings. The summed E-state index contributed by atoms with van der Waals surface area (Å²) in [6.07, 6.45) is 0.882. The smallest absolute Gasteiger partial charge is 0.329 e. The van der Waals surface area contributed by atoms with Gasteiger partial charge in [0, 0.05) is 6.54 Å². The first-order valence-electron chi connectivity index (χ1n) is 10.2. The highest BCUT2D eigenvalue weighted by Gasteiger charge is 2.26. The standard InChI is InChI=1S/C24H30N2O4/c1-17(2)23(26-21(27)15-19-10-5-4-6-11-19)24(29)30-16-22(28)25-14-13-20-12-8-7-9-18(20)3/h4-12,17,23H,13-16H2,1-3H3,(H,25,28)(H,26,27)/t23-/m0/s1. The third-order valence-corrected chi connectivity index (χ3v) is 4.77. The molecule has 0 heterocycles. The van der Waals surface area contributed by atoms with Crippen LogP contribution in [0.1, 0.15) is 30.5 Å². The Bertz CT molecular complexity index is 849. The quantitative estimate of drug-likeness (QED) is 0.590. The molecule has 0 aliphatic carbocycles. The van der Waals surface area contributed by atoms with Gasteiger partial charge in [-0.3, -0.25) is 9.59 Å². The van der Waals surface area contributed by atoms with Gasteiger partial charge in [0.2, 0.25) is 5.91 Å². The van der Waals surface area contributed by atoms with E-state index in [0.29, 0.717) is 13.0 Å². The molecule has 6 heteroatoms. The second-order valence-electron chi connectivity index (χ2n) is 7.59. The van der Waals surface area contributed by atoms with Gasteiger partial charge in [-0.15, -0.1) is 0 Å². The van der Waals surface area contributed by atoms with Crippen LogP contribution in [0.3, 0.4) is 0 Å². The largest absolute Gasteiger partial charge is 0.454 e. The second kappa shape index (κ2) is 11.8. The first kappa shape index (κ1) is 23.1. The van der Waals surface area contributed by atoms with Gasteiger partial charge in [0.1, 0.15) is 6.04 Å². The van der Waals surface area contributed by atoms with Crippen molar-refractivity contribution in [3.05, 3.63) is 71.3 Å². The number of nitrogens with one attached hydrogen (secondary N) is 2. The van der Waals surface area contributed by atoms with Crippen molar-refractivity contribution >= 4 is 17.8 Å². The van der Waals surface area contributed by atoms with E-state index in [4.69, 9.17) is 4.74 Å². The van der Waals surface area contributed by atoms with Crippen molar-refractivity contribution in [3.63, 3.8) is 0 Å². The van der Waals surface area contributed by atoms with Crippen LogP contribution in [0.25, 0.3) is 0 Å². The first-order chi connectivity index (χ1) is 14.4. The maximum atomic E-state index is 12.4. The van der Waals surface area contributed by atoms with Crippen molar-refractivity contribution in [2.24, 2.45) is 5.92 Å². The zero-order valence-corrected chi connectivity index (χ0v) is 17.8. The van der Waals surface area contributed by atoms with Gasteiger partial charge in [-0.05, 0) is 36.0 Å². The lowest BCUT2D eigenvalue weighted by atomic mass is 10.0. The molecule has 0 saturated carbocycles. The topological polar surface area (TPSA) is 84.5 Å². The number of carbonyl (C=O) groups excluding carboxylic acids is 3. The molecule has 30 heavy (non-hydrogen) atoms. The molecule has 6 nitrogen and oxygen atoms in total. The van der Waals surface area contributed by atoms with Crippen molar-refractivity contribution in [3.8, 4) is 0 Å². The highest BCUT2D eigenvalue weighted by atomic mass is 16.5. The number of amides is 2. The van der Waals surface area contributed by atoms with E-state index in [9.17, 15) is 14.4 Å². The molecule has 2 aromatic carbocycles. The number of esters is 1. The van der Waals surface area contributed by atoms with E-state index in [2.05, 4.69) is 10.6 Å². The third kappa shape index (κ3) is 7.70. The Morgan fingerprint density at radius 3 is 2.27 bits per heavy atom. The van der Waals surface area contributed by atoms with E-state index in [1.54, 1.807) is 0 Å². The summed E-state index contributed by atoms with van der Waals surface area (Å²) in [6, 6.07) is 16.5. The Labute approximate surface area is 178 Å². The predicted molar refractivity (Wildman–Crippen MR) is 116 cm³/mol. The summed E-state index contributed by atoms with van der Waals surface area (Å²) in [5, 5.41) is 5.47. The molecule has 0 spiro atoms. The van der Waals surface area contributed by atoms with Crippen LogP contribution < -0.4 is 10.6 Å². The predicted octanol–water partition coefficient (Wildman–Crippen LogP) is 2.58. The van der Waals surface area contributed by atoms with Crippen LogP contribution >= 0.6 is 0 Å². The molecular formula is C24H30N2O4. The number of rotatable bonds is 10. The summed E-state index contributed by atoms with van der Waals surface area (Å²) in [7, 11) is 0. The van der Waals surface area contributed by atoms with Crippen molar-refractivity contribution in [1.29, 1.82) is 0 Å². The van der Waals surface area contributed by atoms with Gasteiger partial charge < -0.3 is 15.4 Å². The van der Waals surface area contributed by atoms with Crippen molar-refractivity contribution < 1.29 is 19.1 Å². The van der Waals surface area contributed by atoms with E-state index in [1.165, 1.54) is 5.56 Å². The Kier molecular flexibility index (Phi) is 9.06. The van der Waals surface area contributed by atoms with Gasteiger partial charge in [0.15, 0.2) is 6.61 Å². The van der Waals surface area contributed by atoms with Gasteiger partial charge in [0.05, 0.1) is 6.42 Å². The number of benzene rings is 2. The summed E-state index contributed by atoms with van der Waals surface area (Å²) in [4.78, 5) is 36.7. The summed E-state index contributed by atoms with van der Waals surface area (Å²) in [5.41, 5.74) is 3.19. The lowest BCUT2D eigenvalue weighted by Gasteiger charge is -2.20. The molecule has 0 saturated heterocycles. The van der Waals surface area contributed by atoms with E-state index >= 15 is 0 Å². The number of hydrogen-bond acceptors (Lipinski definition) is 4. The number of ether oxygens (including phenoxy) is 1. The zero-order chi connectivity index (χ0) is 21.9. The zero-order valence-electron chi connectivity index (χ0n) is 17.8. The fourth-order valence-electron chi connectivity index (χ4n) is 3.01. The Morgan fingerprint density at radius 2 is 1.60 bits per heavy atom. The average molecular weight is 411 g/mol. The molecule has 0 fully saturated rings. The molecule has 0 aromatic heterocycles. The fraction of sp³-hybridized carbons (Fsp3) is 0.375. The minimum absolute atomic E-state index is 0.165. The molecular weight excluding hydrogens is 380 g/mol. The van der Waals surface area contributed by atoms with Gasteiger partial charge in [0.25, 0.3) is 5.91 Å².